The Labute approximate surface area is 270 Å². The SMILES string of the molecule is CCOC(=O)c1c(NC(=O)CSc2cccc(NC(=O)c3ccc(C(=O)O)cc3C(=O)O)c2)sc(C(=O)Nc2ccccc2)c1C. The number of para-hydroxylation sites is 1. The van der Waals surface area contributed by atoms with Crippen LogP contribution in [0.4, 0.5) is 16.4 Å². The minimum absolute atomic E-state index is 0.0882. The number of thiophene rings is 1. The summed E-state index contributed by atoms with van der Waals surface area (Å²) in [6, 6.07) is 18.4. The number of anilines is 3. The van der Waals surface area contributed by atoms with Crippen LogP contribution < -0.4 is 16.0 Å². The first-order valence-corrected chi connectivity index (χ1v) is 15.4. The average Bonchev–Trinajstić information content (AvgIpc) is 3.35. The second kappa shape index (κ2) is 15.0. The molecule has 3 amide bonds. The lowest BCUT2D eigenvalue weighted by Crippen LogP contribution is -2.17. The number of carbonyl (C=O) groups is 6. The van der Waals surface area contributed by atoms with Gasteiger partial charge in [-0.15, -0.1) is 23.1 Å². The minimum atomic E-state index is -1.46. The molecule has 14 heteroatoms. The first-order valence-electron chi connectivity index (χ1n) is 13.6. The van der Waals surface area contributed by atoms with E-state index in [0.29, 0.717) is 21.8 Å². The van der Waals surface area contributed by atoms with Crippen molar-refractivity contribution in [2.24, 2.45) is 0 Å². The molecule has 4 aromatic rings. The number of benzene rings is 3. The molecule has 236 valence electrons. The Bertz CT molecular complexity index is 1840. The lowest BCUT2D eigenvalue weighted by atomic mass is 10.0. The van der Waals surface area contributed by atoms with Gasteiger partial charge in [0.25, 0.3) is 11.8 Å². The maximum atomic E-state index is 13.0. The summed E-state index contributed by atoms with van der Waals surface area (Å²) in [7, 11) is 0. The van der Waals surface area contributed by atoms with Gasteiger partial charge in [-0.3, -0.25) is 14.4 Å². The highest BCUT2D eigenvalue weighted by Crippen LogP contribution is 2.35. The molecular weight excluding hydrogens is 634 g/mol. The monoisotopic (exact) mass is 661 g/mol. The third-order valence-electron chi connectivity index (χ3n) is 6.32. The number of rotatable bonds is 12. The highest BCUT2D eigenvalue weighted by molar-refractivity contribution is 8.00. The van der Waals surface area contributed by atoms with Gasteiger partial charge in [0.05, 0.1) is 39.5 Å². The fourth-order valence-corrected chi connectivity index (χ4v) is 6.06. The molecule has 0 saturated heterocycles. The molecule has 0 bridgehead atoms. The molecule has 0 aliphatic rings. The topological polar surface area (TPSA) is 188 Å². The molecule has 0 spiro atoms. The first kappa shape index (κ1) is 33.4. The van der Waals surface area contributed by atoms with Crippen LogP contribution in [0.2, 0.25) is 0 Å². The molecule has 0 fully saturated rings. The molecular formula is C32H27N3O9S2. The molecule has 0 aliphatic heterocycles. The Hall–Kier alpha value is -5.47. The van der Waals surface area contributed by atoms with Crippen molar-refractivity contribution < 1.29 is 43.7 Å². The average molecular weight is 662 g/mol. The van der Waals surface area contributed by atoms with E-state index in [1.54, 1.807) is 62.4 Å². The molecule has 4 rings (SSSR count). The molecule has 0 aliphatic carbocycles. The van der Waals surface area contributed by atoms with E-state index in [2.05, 4.69) is 16.0 Å². The molecule has 0 saturated carbocycles. The maximum absolute atomic E-state index is 13.0. The summed E-state index contributed by atoms with van der Waals surface area (Å²) >= 11 is 2.08. The summed E-state index contributed by atoms with van der Waals surface area (Å²) in [5, 5.41) is 26.9. The van der Waals surface area contributed by atoms with Gasteiger partial charge in [-0.05, 0) is 67.9 Å². The van der Waals surface area contributed by atoms with Crippen LogP contribution in [0.1, 0.15) is 63.6 Å². The van der Waals surface area contributed by atoms with Crippen molar-refractivity contribution >= 4 is 75.1 Å². The predicted molar refractivity (Wildman–Crippen MR) is 174 cm³/mol. The second-order valence-corrected chi connectivity index (χ2v) is 11.6. The van der Waals surface area contributed by atoms with Crippen molar-refractivity contribution in [3.63, 3.8) is 0 Å². The maximum Gasteiger partial charge on any atom is 0.341 e. The third-order valence-corrected chi connectivity index (χ3v) is 8.52. The van der Waals surface area contributed by atoms with Gasteiger partial charge in [0.1, 0.15) is 5.00 Å². The van der Waals surface area contributed by atoms with Crippen molar-refractivity contribution in [3.8, 4) is 0 Å². The van der Waals surface area contributed by atoms with Crippen molar-refractivity contribution in [2.75, 3.05) is 28.3 Å². The van der Waals surface area contributed by atoms with Crippen LogP contribution in [0.25, 0.3) is 0 Å². The van der Waals surface area contributed by atoms with Crippen molar-refractivity contribution in [2.45, 2.75) is 18.7 Å². The summed E-state index contributed by atoms with van der Waals surface area (Å²) < 4.78 is 5.17. The number of ether oxygens (including phenoxy) is 1. The van der Waals surface area contributed by atoms with Gasteiger partial charge in [-0.25, -0.2) is 14.4 Å². The largest absolute Gasteiger partial charge is 0.478 e. The number of hydrogen-bond donors (Lipinski definition) is 5. The molecule has 46 heavy (non-hydrogen) atoms. The number of carbonyl (C=O) groups excluding carboxylic acids is 4. The fraction of sp³-hybridized carbons (Fsp3) is 0.125. The molecule has 12 nitrogen and oxygen atoms in total. The van der Waals surface area contributed by atoms with Crippen molar-refractivity contribution in [1.29, 1.82) is 0 Å². The normalized spacial score (nSPS) is 10.5. The van der Waals surface area contributed by atoms with Gasteiger partial charge in [0.2, 0.25) is 5.91 Å². The summed E-state index contributed by atoms with van der Waals surface area (Å²) in [5.41, 5.74) is 0.363. The van der Waals surface area contributed by atoms with Crippen LogP contribution in [-0.4, -0.2) is 58.2 Å². The van der Waals surface area contributed by atoms with Crippen LogP contribution in [0.5, 0.6) is 0 Å². The zero-order valence-electron chi connectivity index (χ0n) is 24.4. The first-order chi connectivity index (χ1) is 22.0. The standard InChI is InChI=1S/C32H27N3O9S2/c1-3-44-32(43)25-17(2)26(28(38)33-19-8-5-4-6-9-19)46-29(25)35-24(36)16-45-21-11-7-10-20(15-21)34-27(37)22-13-12-18(30(39)40)14-23(22)31(41)42/h4-15H,3,16H2,1-2H3,(H,33,38)(H,34,37)(H,35,36)(H,39,40)(H,41,42). The Morgan fingerprint density at radius 2 is 1.48 bits per heavy atom. The fourth-order valence-electron chi connectivity index (χ4n) is 4.20. The number of amides is 3. The van der Waals surface area contributed by atoms with E-state index in [0.717, 1.165) is 41.3 Å². The van der Waals surface area contributed by atoms with E-state index in [9.17, 15) is 33.9 Å². The predicted octanol–water partition coefficient (Wildman–Crippen LogP) is 5.87. The van der Waals surface area contributed by atoms with Crippen LogP contribution in [-0.2, 0) is 9.53 Å². The van der Waals surface area contributed by atoms with E-state index < -0.39 is 41.2 Å². The van der Waals surface area contributed by atoms with Gasteiger partial charge in [-0.1, -0.05) is 24.3 Å². The highest BCUT2D eigenvalue weighted by atomic mass is 32.2. The lowest BCUT2D eigenvalue weighted by molar-refractivity contribution is -0.113. The highest BCUT2D eigenvalue weighted by Gasteiger charge is 2.27. The van der Waals surface area contributed by atoms with Gasteiger partial charge >= 0.3 is 17.9 Å². The van der Waals surface area contributed by atoms with Gasteiger partial charge in [-0.2, -0.15) is 0 Å². The van der Waals surface area contributed by atoms with E-state index in [4.69, 9.17) is 9.84 Å². The van der Waals surface area contributed by atoms with Gasteiger partial charge in [0, 0.05) is 16.3 Å². The number of carboxylic acid groups (broad SMARTS) is 2. The van der Waals surface area contributed by atoms with Gasteiger partial charge in [0.15, 0.2) is 0 Å². The van der Waals surface area contributed by atoms with Gasteiger partial charge < -0.3 is 30.9 Å². The summed E-state index contributed by atoms with van der Waals surface area (Å²) in [6.45, 7) is 3.35. The van der Waals surface area contributed by atoms with Crippen molar-refractivity contribution in [3.05, 3.63) is 105 Å². The van der Waals surface area contributed by atoms with E-state index in [1.165, 1.54) is 0 Å². The van der Waals surface area contributed by atoms with Crippen LogP contribution >= 0.6 is 23.1 Å². The van der Waals surface area contributed by atoms with Crippen molar-refractivity contribution in [1.82, 2.24) is 0 Å². The minimum Gasteiger partial charge on any atom is -0.478 e. The lowest BCUT2D eigenvalue weighted by Gasteiger charge is -2.10. The number of thioether (sulfide) groups is 1. The molecule has 0 unspecified atom stereocenters. The summed E-state index contributed by atoms with van der Waals surface area (Å²) in [4.78, 5) is 75.3. The molecule has 0 atom stereocenters. The van der Waals surface area contributed by atoms with E-state index >= 15 is 0 Å². The number of aromatic carboxylic acids is 2. The zero-order chi connectivity index (χ0) is 33.4. The van der Waals surface area contributed by atoms with Crippen LogP contribution in [0.15, 0.2) is 77.7 Å². The Kier molecular flexibility index (Phi) is 10.9. The van der Waals surface area contributed by atoms with Crippen LogP contribution in [0.3, 0.4) is 0 Å². The molecule has 3 aromatic carbocycles. The molecule has 1 heterocycles. The number of esters is 1. The smallest absolute Gasteiger partial charge is 0.341 e. The quantitative estimate of drug-likeness (QED) is 0.0908. The van der Waals surface area contributed by atoms with Crippen LogP contribution in [0, 0.1) is 6.92 Å². The second-order valence-electron chi connectivity index (χ2n) is 9.49. The van der Waals surface area contributed by atoms with E-state index in [-0.39, 0.29) is 38.9 Å². The Balaban J connectivity index is 1.45. The summed E-state index contributed by atoms with van der Waals surface area (Å²) in [6.07, 6.45) is 0. The Morgan fingerprint density at radius 1 is 0.783 bits per heavy atom. The third kappa shape index (κ3) is 8.16. The zero-order valence-corrected chi connectivity index (χ0v) is 26.0. The molecule has 5 N–H and O–H groups in total. The number of carboxylic acids is 2. The summed E-state index contributed by atoms with van der Waals surface area (Å²) in [5.74, 6) is -5.23. The van der Waals surface area contributed by atoms with E-state index in [1.807, 2.05) is 6.07 Å². The Morgan fingerprint density at radius 3 is 2.15 bits per heavy atom. The number of hydrogen-bond acceptors (Lipinski definition) is 9. The molecule has 1 aromatic heterocycles. The molecule has 0 radical (unpaired) electrons. The number of nitrogens with one attached hydrogen (secondary N) is 3.